The van der Waals surface area contributed by atoms with E-state index < -0.39 is 0 Å². The summed E-state index contributed by atoms with van der Waals surface area (Å²) in [5.74, 6) is 2.51. The molecule has 20 heavy (non-hydrogen) atoms. The number of aromatic nitrogens is 3. The molecule has 0 bridgehead atoms. The van der Waals surface area contributed by atoms with Crippen molar-refractivity contribution in [3.05, 3.63) is 35.4 Å². The zero-order chi connectivity index (χ0) is 14.7. The van der Waals surface area contributed by atoms with Gasteiger partial charge in [-0.2, -0.15) is 5.10 Å². The average Bonchev–Trinajstić information content (AvgIpc) is 2.77. The van der Waals surface area contributed by atoms with E-state index >= 15 is 0 Å². The molecule has 5 nitrogen and oxygen atoms in total. The summed E-state index contributed by atoms with van der Waals surface area (Å²) in [5, 5.41) is 7.91. The maximum Gasteiger partial charge on any atom is 0.148 e. The first-order valence-corrected chi connectivity index (χ1v) is 6.89. The van der Waals surface area contributed by atoms with E-state index in [1.165, 1.54) is 0 Å². The van der Waals surface area contributed by atoms with E-state index in [1.807, 2.05) is 36.7 Å². The van der Waals surface area contributed by atoms with E-state index in [2.05, 4.69) is 29.2 Å². The van der Waals surface area contributed by atoms with Crippen LogP contribution in [-0.4, -0.2) is 28.4 Å². The van der Waals surface area contributed by atoms with Gasteiger partial charge >= 0.3 is 0 Å². The van der Waals surface area contributed by atoms with Gasteiger partial charge in [-0.3, -0.25) is 0 Å². The van der Waals surface area contributed by atoms with Crippen LogP contribution in [-0.2, 0) is 0 Å². The number of nitrogens with zero attached hydrogens (tertiary/aromatic N) is 3. The zero-order valence-electron chi connectivity index (χ0n) is 12.8. The second-order valence-electron chi connectivity index (χ2n) is 4.79. The lowest BCUT2D eigenvalue weighted by atomic mass is 10.0. The quantitative estimate of drug-likeness (QED) is 0.910. The molecule has 0 saturated heterocycles. The van der Waals surface area contributed by atoms with Crippen molar-refractivity contribution in [1.82, 2.24) is 20.1 Å². The minimum Gasteiger partial charge on any atom is -0.496 e. The Morgan fingerprint density at radius 3 is 2.65 bits per heavy atom. The number of aryl methyl sites for hydroxylation is 2. The van der Waals surface area contributed by atoms with Crippen molar-refractivity contribution in [1.29, 1.82) is 0 Å². The number of hydrogen-bond acceptors (Lipinski definition) is 4. The average molecular weight is 274 g/mol. The highest BCUT2D eigenvalue weighted by Gasteiger charge is 2.18. The molecule has 0 aliphatic carbocycles. The minimum absolute atomic E-state index is 0.176. The van der Waals surface area contributed by atoms with Crippen molar-refractivity contribution in [2.24, 2.45) is 0 Å². The molecule has 0 spiro atoms. The summed E-state index contributed by atoms with van der Waals surface area (Å²) >= 11 is 0. The Bertz CT molecular complexity index is 592. The third kappa shape index (κ3) is 2.67. The summed E-state index contributed by atoms with van der Waals surface area (Å²) < 4.78 is 7.40. The molecule has 2 aromatic rings. The van der Waals surface area contributed by atoms with Gasteiger partial charge in [-0.05, 0) is 39.4 Å². The normalized spacial score (nSPS) is 12.4. The molecule has 0 aliphatic rings. The molecule has 2 rings (SSSR count). The van der Waals surface area contributed by atoms with E-state index in [9.17, 15) is 0 Å². The zero-order valence-corrected chi connectivity index (χ0v) is 12.8. The van der Waals surface area contributed by atoms with Gasteiger partial charge < -0.3 is 10.1 Å². The number of ether oxygens (including phenoxy) is 1. The molecule has 1 N–H and O–H groups in total. The summed E-state index contributed by atoms with van der Waals surface area (Å²) in [7, 11) is 1.70. The first-order chi connectivity index (χ1) is 9.58. The lowest BCUT2D eigenvalue weighted by molar-refractivity contribution is 0.401. The van der Waals surface area contributed by atoms with Gasteiger partial charge in [-0.25, -0.2) is 9.67 Å². The van der Waals surface area contributed by atoms with Gasteiger partial charge in [-0.1, -0.05) is 13.0 Å². The lowest BCUT2D eigenvalue weighted by Crippen LogP contribution is -2.20. The Kier molecular flexibility index (Phi) is 4.39. The standard InChI is InChI=1S/C15H22N4O/c1-6-16-10(2)15-13(8-7-9-14(15)20-5)19-12(4)17-11(3)18-19/h7-10,16H,6H2,1-5H3. The number of benzene rings is 1. The van der Waals surface area contributed by atoms with E-state index in [-0.39, 0.29) is 6.04 Å². The van der Waals surface area contributed by atoms with Gasteiger partial charge in [-0.15, -0.1) is 0 Å². The Morgan fingerprint density at radius 2 is 2.10 bits per heavy atom. The lowest BCUT2D eigenvalue weighted by Gasteiger charge is -2.20. The molecule has 1 atom stereocenters. The van der Waals surface area contributed by atoms with Gasteiger partial charge in [0, 0.05) is 11.6 Å². The monoisotopic (exact) mass is 274 g/mol. The van der Waals surface area contributed by atoms with Crippen molar-refractivity contribution in [2.75, 3.05) is 13.7 Å². The first-order valence-electron chi connectivity index (χ1n) is 6.89. The van der Waals surface area contributed by atoms with Crippen molar-refractivity contribution >= 4 is 0 Å². The Labute approximate surface area is 120 Å². The van der Waals surface area contributed by atoms with Gasteiger partial charge in [0.05, 0.1) is 12.8 Å². The van der Waals surface area contributed by atoms with Gasteiger partial charge in [0.2, 0.25) is 0 Å². The Morgan fingerprint density at radius 1 is 1.35 bits per heavy atom. The third-order valence-corrected chi connectivity index (χ3v) is 3.31. The molecule has 0 saturated carbocycles. The molecule has 1 aromatic heterocycles. The summed E-state index contributed by atoms with van der Waals surface area (Å²) in [4.78, 5) is 4.38. The highest BCUT2D eigenvalue weighted by molar-refractivity contribution is 5.51. The van der Waals surface area contributed by atoms with Crippen LogP contribution < -0.4 is 10.1 Å². The fraction of sp³-hybridized carbons (Fsp3) is 0.467. The van der Waals surface area contributed by atoms with Crippen LogP contribution in [0.1, 0.15) is 37.1 Å². The van der Waals surface area contributed by atoms with Crippen molar-refractivity contribution in [3.8, 4) is 11.4 Å². The maximum atomic E-state index is 5.52. The van der Waals surface area contributed by atoms with Gasteiger partial charge in [0.15, 0.2) is 0 Å². The van der Waals surface area contributed by atoms with E-state index in [1.54, 1.807) is 7.11 Å². The molecule has 0 fully saturated rings. The molecular weight excluding hydrogens is 252 g/mol. The molecule has 108 valence electrons. The number of methoxy groups -OCH3 is 1. The predicted molar refractivity (Wildman–Crippen MR) is 79.5 cm³/mol. The maximum absolute atomic E-state index is 5.52. The fourth-order valence-electron chi connectivity index (χ4n) is 2.49. The number of nitrogens with one attached hydrogen (secondary N) is 1. The van der Waals surface area contributed by atoms with Crippen molar-refractivity contribution < 1.29 is 4.74 Å². The highest BCUT2D eigenvalue weighted by Crippen LogP contribution is 2.31. The first kappa shape index (κ1) is 14.5. The van der Waals surface area contributed by atoms with Crippen LogP contribution in [0.25, 0.3) is 5.69 Å². The second-order valence-corrected chi connectivity index (χ2v) is 4.79. The number of rotatable bonds is 5. The van der Waals surface area contributed by atoms with Crippen LogP contribution in [0, 0.1) is 13.8 Å². The third-order valence-electron chi connectivity index (χ3n) is 3.31. The Balaban J connectivity index is 2.60. The molecular formula is C15H22N4O. The van der Waals surface area contributed by atoms with Crippen LogP contribution in [0.2, 0.25) is 0 Å². The minimum atomic E-state index is 0.176. The van der Waals surface area contributed by atoms with Gasteiger partial charge in [0.25, 0.3) is 0 Å². The molecule has 1 aromatic carbocycles. The Hall–Kier alpha value is -1.88. The molecule has 0 radical (unpaired) electrons. The van der Waals surface area contributed by atoms with E-state index in [0.717, 1.165) is 35.2 Å². The smallest absolute Gasteiger partial charge is 0.148 e. The topological polar surface area (TPSA) is 52.0 Å². The summed E-state index contributed by atoms with van der Waals surface area (Å²) in [5.41, 5.74) is 2.11. The van der Waals surface area contributed by atoms with E-state index in [4.69, 9.17) is 4.74 Å². The molecule has 5 heteroatoms. The predicted octanol–water partition coefficient (Wildman–Crippen LogP) is 2.56. The van der Waals surface area contributed by atoms with Crippen LogP contribution >= 0.6 is 0 Å². The molecule has 1 heterocycles. The summed E-state index contributed by atoms with van der Waals surface area (Å²) in [6, 6.07) is 6.18. The molecule has 0 amide bonds. The van der Waals surface area contributed by atoms with Crippen molar-refractivity contribution in [2.45, 2.75) is 33.7 Å². The summed E-state index contributed by atoms with van der Waals surface area (Å²) in [6.07, 6.45) is 0. The largest absolute Gasteiger partial charge is 0.496 e. The van der Waals surface area contributed by atoms with Crippen LogP contribution in [0.5, 0.6) is 5.75 Å². The second kappa shape index (κ2) is 6.05. The van der Waals surface area contributed by atoms with Crippen LogP contribution in [0.4, 0.5) is 0 Å². The molecule has 1 unspecified atom stereocenters. The SMILES string of the molecule is CCNC(C)c1c(OC)cccc1-n1nc(C)nc1C. The van der Waals surface area contributed by atoms with Crippen LogP contribution in [0.3, 0.4) is 0 Å². The van der Waals surface area contributed by atoms with Crippen LogP contribution in [0.15, 0.2) is 18.2 Å². The van der Waals surface area contributed by atoms with E-state index in [0.29, 0.717) is 0 Å². The summed E-state index contributed by atoms with van der Waals surface area (Å²) in [6.45, 7) is 8.98. The molecule has 0 aliphatic heterocycles. The van der Waals surface area contributed by atoms with Crippen molar-refractivity contribution in [3.63, 3.8) is 0 Å². The number of hydrogen-bond donors (Lipinski definition) is 1. The highest BCUT2D eigenvalue weighted by atomic mass is 16.5. The fourth-order valence-corrected chi connectivity index (χ4v) is 2.49. The van der Waals surface area contributed by atoms with Gasteiger partial charge in [0.1, 0.15) is 17.4 Å².